The summed E-state index contributed by atoms with van der Waals surface area (Å²) in [6.07, 6.45) is 2.32. The second kappa shape index (κ2) is 4.26. The minimum absolute atomic E-state index is 0.0852. The molecule has 84 valence electrons. The third kappa shape index (κ3) is 2.16. The summed E-state index contributed by atoms with van der Waals surface area (Å²) in [5.41, 5.74) is 0.988. The number of nitrogens with zero attached hydrogens (tertiary/aromatic N) is 1. The minimum atomic E-state index is -0.814. The molecule has 4 nitrogen and oxygen atoms in total. The number of ether oxygens (including phenoxy) is 1. The van der Waals surface area contributed by atoms with Crippen LogP contribution in [0.3, 0.4) is 0 Å². The van der Waals surface area contributed by atoms with E-state index < -0.39 is 5.97 Å². The van der Waals surface area contributed by atoms with Crippen molar-refractivity contribution in [3.8, 4) is 5.75 Å². The number of hydrogen-bond donors (Lipinski definition) is 1. The van der Waals surface area contributed by atoms with Gasteiger partial charge in [-0.3, -0.25) is 4.79 Å². The average molecular weight is 219 g/mol. The Kier molecular flexibility index (Phi) is 2.81. The normalized spacial score (nSPS) is 13.8. The Morgan fingerprint density at radius 1 is 1.44 bits per heavy atom. The molecule has 0 amide bonds. The van der Waals surface area contributed by atoms with E-state index in [1.807, 2.05) is 42.4 Å². The molecule has 0 unspecified atom stereocenters. The molecule has 1 N–H and O–H groups in total. The zero-order valence-electron chi connectivity index (χ0n) is 9.01. The van der Waals surface area contributed by atoms with Crippen LogP contribution >= 0.6 is 0 Å². The van der Waals surface area contributed by atoms with Gasteiger partial charge >= 0.3 is 5.97 Å². The van der Waals surface area contributed by atoms with Gasteiger partial charge in [0.15, 0.2) is 5.75 Å². The SMILES string of the molecule is CN1C=C(CCC(=O)O)Oc2ccccc21. The van der Waals surface area contributed by atoms with Gasteiger partial charge in [-0.15, -0.1) is 0 Å². The Balaban J connectivity index is 2.13. The number of benzene rings is 1. The molecule has 0 aromatic heterocycles. The lowest BCUT2D eigenvalue weighted by Gasteiger charge is -2.25. The highest BCUT2D eigenvalue weighted by molar-refractivity contribution is 5.67. The summed E-state index contributed by atoms with van der Waals surface area (Å²) in [7, 11) is 1.92. The number of anilines is 1. The van der Waals surface area contributed by atoms with Gasteiger partial charge in [-0.25, -0.2) is 0 Å². The molecular formula is C12H13NO3. The summed E-state index contributed by atoms with van der Waals surface area (Å²) in [6, 6.07) is 7.67. The fraction of sp³-hybridized carbons (Fsp3) is 0.250. The van der Waals surface area contributed by atoms with Crippen LogP contribution in [0.15, 0.2) is 36.2 Å². The molecule has 0 fully saturated rings. The zero-order chi connectivity index (χ0) is 11.5. The lowest BCUT2D eigenvalue weighted by atomic mass is 10.2. The fourth-order valence-electron chi connectivity index (χ4n) is 1.63. The first-order chi connectivity index (χ1) is 7.66. The quantitative estimate of drug-likeness (QED) is 0.846. The van der Waals surface area contributed by atoms with E-state index in [9.17, 15) is 4.79 Å². The van der Waals surface area contributed by atoms with Crippen molar-refractivity contribution in [1.82, 2.24) is 0 Å². The van der Waals surface area contributed by atoms with E-state index in [4.69, 9.17) is 9.84 Å². The molecule has 16 heavy (non-hydrogen) atoms. The Bertz CT molecular complexity index is 440. The van der Waals surface area contributed by atoms with Crippen molar-refractivity contribution < 1.29 is 14.6 Å². The maximum absolute atomic E-state index is 10.5. The number of carbonyl (C=O) groups is 1. The second-order valence-corrected chi connectivity index (χ2v) is 3.67. The van der Waals surface area contributed by atoms with Crippen LogP contribution < -0.4 is 9.64 Å². The van der Waals surface area contributed by atoms with Crippen molar-refractivity contribution in [2.24, 2.45) is 0 Å². The molecule has 1 aromatic rings. The van der Waals surface area contributed by atoms with E-state index in [-0.39, 0.29) is 6.42 Å². The molecule has 0 bridgehead atoms. The first kappa shape index (κ1) is 10.5. The molecule has 0 spiro atoms. The predicted molar refractivity (Wildman–Crippen MR) is 60.4 cm³/mol. The monoisotopic (exact) mass is 219 g/mol. The average Bonchev–Trinajstić information content (AvgIpc) is 2.26. The molecule has 1 aliphatic rings. The summed E-state index contributed by atoms with van der Waals surface area (Å²) in [6.45, 7) is 0. The highest BCUT2D eigenvalue weighted by atomic mass is 16.5. The Morgan fingerprint density at radius 2 is 2.19 bits per heavy atom. The highest BCUT2D eigenvalue weighted by Crippen LogP contribution is 2.33. The van der Waals surface area contributed by atoms with Crippen LogP contribution in [0.4, 0.5) is 5.69 Å². The first-order valence-electron chi connectivity index (χ1n) is 5.09. The van der Waals surface area contributed by atoms with Gasteiger partial charge in [0.05, 0.1) is 12.1 Å². The largest absolute Gasteiger partial charge is 0.481 e. The summed E-state index contributed by atoms with van der Waals surface area (Å²) in [4.78, 5) is 12.4. The molecule has 1 aromatic carbocycles. The predicted octanol–water partition coefficient (Wildman–Crippen LogP) is 2.22. The molecule has 1 heterocycles. The van der Waals surface area contributed by atoms with Gasteiger partial charge < -0.3 is 14.7 Å². The van der Waals surface area contributed by atoms with E-state index in [0.29, 0.717) is 12.2 Å². The molecule has 0 aliphatic carbocycles. The Labute approximate surface area is 93.8 Å². The molecule has 4 heteroatoms. The van der Waals surface area contributed by atoms with Gasteiger partial charge in [0.25, 0.3) is 0 Å². The number of allylic oxidation sites excluding steroid dienone is 1. The first-order valence-corrected chi connectivity index (χ1v) is 5.09. The molecule has 0 saturated heterocycles. The maximum atomic E-state index is 10.5. The van der Waals surface area contributed by atoms with Crippen molar-refractivity contribution >= 4 is 11.7 Å². The number of rotatable bonds is 3. The maximum Gasteiger partial charge on any atom is 0.303 e. The van der Waals surface area contributed by atoms with Crippen molar-refractivity contribution in [2.45, 2.75) is 12.8 Å². The Morgan fingerprint density at radius 3 is 2.94 bits per heavy atom. The van der Waals surface area contributed by atoms with Crippen LogP contribution in [-0.2, 0) is 4.79 Å². The second-order valence-electron chi connectivity index (χ2n) is 3.67. The number of aliphatic carboxylic acids is 1. The summed E-state index contributed by atoms with van der Waals surface area (Å²) in [5.74, 6) is 0.641. The number of fused-ring (bicyclic) bond motifs is 1. The molecule has 0 radical (unpaired) electrons. The lowest BCUT2D eigenvalue weighted by Crippen LogP contribution is -2.17. The van der Waals surface area contributed by atoms with Crippen LogP contribution in [-0.4, -0.2) is 18.1 Å². The molecule has 0 saturated carbocycles. The number of hydrogen-bond acceptors (Lipinski definition) is 3. The van der Waals surface area contributed by atoms with E-state index >= 15 is 0 Å². The summed E-state index contributed by atoms with van der Waals surface area (Å²) >= 11 is 0. The van der Waals surface area contributed by atoms with Crippen LogP contribution in [0, 0.1) is 0 Å². The van der Waals surface area contributed by atoms with Gasteiger partial charge in [0.2, 0.25) is 0 Å². The van der Waals surface area contributed by atoms with Gasteiger partial charge in [-0.05, 0) is 12.1 Å². The Hall–Kier alpha value is -1.97. The van der Waals surface area contributed by atoms with Crippen LogP contribution in [0.5, 0.6) is 5.75 Å². The number of carboxylic acid groups (broad SMARTS) is 1. The van der Waals surface area contributed by atoms with Gasteiger partial charge in [0.1, 0.15) is 5.76 Å². The molecule has 1 aliphatic heterocycles. The van der Waals surface area contributed by atoms with E-state index in [0.717, 1.165) is 11.4 Å². The van der Waals surface area contributed by atoms with E-state index in [2.05, 4.69) is 0 Å². The van der Waals surface area contributed by atoms with E-state index in [1.165, 1.54) is 0 Å². The third-order valence-corrected chi connectivity index (χ3v) is 2.41. The summed E-state index contributed by atoms with van der Waals surface area (Å²) in [5, 5.41) is 8.61. The van der Waals surface area contributed by atoms with Crippen LogP contribution in [0.2, 0.25) is 0 Å². The third-order valence-electron chi connectivity index (χ3n) is 2.41. The van der Waals surface area contributed by atoms with E-state index in [1.54, 1.807) is 0 Å². The minimum Gasteiger partial charge on any atom is -0.481 e. The number of carboxylic acids is 1. The fourth-order valence-corrected chi connectivity index (χ4v) is 1.63. The van der Waals surface area contributed by atoms with Gasteiger partial charge in [-0.2, -0.15) is 0 Å². The van der Waals surface area contributed by atoms with Crippen LogP contribution in [0.25, 0.3) is 0 Å². The standard InChI is InChI=1S/C12H13NO3/c1-13-8-9(6-7-12(14)15)16-11-5-3-2-4-10(11)13/h2-5,8H,6-7H2,1H3,(H,14,15). The van der Waals surface area contributed by atoms with Crippen molar-refractivity contribution in [2.75, 3.05) is 11.9 Å². The summed E-state index contributed by atoms with van der Waals surface area (Å²) < 4.78 is 5.61. The topological polar surface area (TPSA) is 49.8 Å². The lowest BCUT2D eigenvalue weighted by molar-refractivity contribution is -0.137. The molecule has 0 atom stereocenters. The van der Waals surface area contributed by atoms with Gasteiger partial charge in [0, 0.05) is 19.7 Å². The van der Waals surface area contributed by atoms with Crippen molar-refractivity contribution in [1.29, 1.82) is 0 Å². The van der Waals surface area contributed by atoms with Gasteiger partial charge in [-0.1, -0.05) is 12.1 Å². The van der Waals surface area contributed by atoms with Crippen LogP contribution in [0.1, 0.15) is 12.8 Å². The number of para-hydroxylation sites is 2. The molecular weight excluding hydrogens is 206 g/mol. The zero-order valence-corrected chi connectivity index (χ0v) is 9.01. The highest BCUT2D eigenvalue weighted by Gasteiger charge is 2.16. The molecule has 2 rings (SSSR count). The van der Waals surface area contributed by atoms with Crippen molar-refractivity contribution in [3.05, 3.63) is 36.2 Å². The van der Waals surface area contributed by atoms with Crippen molar-refractivity contribution in [3.63, 3.8) is 0 Å². The smallest absolute Gasteiger partial charge is 0.303 e.